The highest BCUT2D eigenvalue weighted by Gasteiger charge is 2.31. The van der Waals surface area contributed by atoms with Crippen LogP contribution >= 0.6 is 11.3 Å². The van der Waals surface area contributed by atoms with Crippen LogP contribution in [0.1, 0.15) is 11.1 Å². The van der Waals surface area contributed by atoms with Gasteiger partial charge in [0.25, 0.3) is 0 Å². The van der Waals surface area contributed by atoms with Gasteiger partial charge >= 0.3 is 0 Å². The lowest BCUT2D eigenvalue weighted by Gasteiger charge is -2.32. The molecule has 8 aromatic rings. The average molecular weight is 592 g/mol. The Morgan fingerprint density at radius 2 is 1.13 bits per heavy atom. The van der Waals surface area contributed by atoms with Gasteiger partial charge in [-0.25, -0.2) is 0 Å². The molecule has 1 aliphatic carbocycles. The average Bonchev–Trinajstić information content (AvgIpc) is 3.68. The Labute approximate surface area is 267 Å². The molecule has 0 atom stereocenters. The van der Waals surface area contributed by atoms with E-state index < -0.39 is 0 Å². The molecule has 0 aliphatic heterocycles. The van der Waals surface area contributed by atoms with Crippen LogP contribution in [-0.4, -0.2) is 0 Å². The van der Waals surface area contributed by atoms with Gasteiger partial charge in [0.2, 0.25) is 0 Å². The fourth-order valence-corrected chi connectivity index (χ4v) is 8.28. The van der Waals surface area contributed by atoms with Crippen molar-refractivity contribution in [3.8, 4) is 33.4 Å². The minimum atomic E-state index is 0.888. The van der Waals surface area contributed by atoms with Gasteiger partial charge in [-0.05, 0) is 75.3 Å². The van der Waals surface area contributed by atoms with Crippen molar-refractivity contribution in [3.05, 3.63) is 175 Å². The number of thiophene rings is 1. The van der Waals surface area contributed by atoms with Gasteiger partial charge < -0.3 is 4.90 Å². The van der Waals surface area contributed by atoms with Crippen LogP contribution in [0.2, 0.25) is 0 Å². The van der Waals surface area contributed by atoms with E-state index in [1.807, 2.05) is 11.3 Å². The normalized spacial score (nSPS) is 11.9. The quantitative estimate of drug-likeness (QED) is 0.192. The molecular weight excluding hydrogens is 563 g/mol. The molecule has 2 heteroatoms. The molecule has 1 aliphatic rings. The topological polar surface area (TPSA) is 3.24 Å². The van der Waals surface area contributed by atoms with Crippen LogP contribution in [0.25, 0.3) is 53.6 Å². The minimum absolute atomic E-state index is 0.888. The zero-order valence-electron chi connectivity index (χ0n) is 24.7. The zero-order chi connectivity index (χ0) is 29.7. The Hall–Kier alpha value is -5.44. The predicted octanol–water partition coefficient (Wildman–Crippen LogP) is 12.4. The van der Waals surface area contributed by atoms with E-state index in [4.69, 9.17) is 0 Å². The van der Waals surface area contributed by atoms with E-state index in [2.05, 4.69) is 169 Å². The molecule has 45 heavy (non-hydrogen) atoms. The van der Waals surface area contributed by atoms with E-state index in [9.17, 15) is 0 Å². The maximum Gasteiger partial charge on any atom is 0.0588 e. The first kappa shape index (κ1) is 26.0. The summed E-state index contributed by atoms with van der Waals surface area (Å²) >= 11 is 1.87. The second-order valence-electron chi connectivity index (χ2n) is 11.7. The largest absolute Gasteiger partial charge is 0.309 e. The molecule has 0 N–H and O–H groups in total. The Morgan fingerprint density at radius 3 is 1.93 bits per heavy atom. The van der Waals surface area contributed by atoms with Crippen molar-refractivity contribution in [2.75, 3.05) is 4.90 Å². The van der Waals surface area contributed by atoms with E-state index in [1.165, 1.54) is 76.1 Å². The summed E-state index contributed by atoms with van der Waals surface area (Å²) in [6.45, 7) is 0. The highest BCUT2D eigenvalue weighted by Crippen LogP contribution is 2.55. The molecule has 7 aromatic carbocycles. The first-order valence-electron chi connectivity index (χ1n) is 15.5. The van der Waals surface area contributed by atoms with Crippen molar-refractivity contribution in [2.24, 2.45) is 0 Å². The summed E-state index contributed by atoms with van der Waals surface area (Å²) in [5.41, 5.74) is 14.0. The van der Waals surface area contributed by atoms with E-state index in [0.29, 0.717) is 0 Å². The molecule has 0 radical (unpaired) electrons. The van der Waals surface area contributed by atoms with Crippen molar-refractivity contribution < 1.29 is 0 Å². The lowest BCUT2D eigenvalue weighted by molar-refractivity contribution is 1.21. The molecule has 0 bridgehead atoms. The number of hydrogen-bond donors (Lipinski definition) is 0. The van der Waals surface area contributed by atoms with Crippen LogP contribution in [0, 0.1) is 0 Å². The molecule has 1 heterocycles. The molecule has 0 spiro atoms. The molecule has 1 nitrogen and oxygen atoms in total. The van der Waals surface area contributed by atoms with Gasteiger partial charge in [0.05, 0.1) is 11.4 Å². The molecule has 0 saturated carbocycles. The van der Waals surface area contributed by atoms with Crippen LogP contribution in [0.15, 0.2) is 164 Å². The van der Waals surface area contributed by atoms with Gasteiger partial charge in [0.1, 0.15) is 0 Å². The van der Waals surface area contributed by atoms with Crippen LogP contribution in [0.4, 0.5) is 17.1 Å². The van der Waals surface area contributed by atoms with Gasteiger partial charge in [0.15, 0.2) is 0 Å². The summed E-state index contributed by atoms with van der Waals surface area (Å²) in [6.07, 6.45) is 0.888. The lowest BCUT2D eigenvalue weighted by atomic mass is 9.87. The van der Waals surface area contributed by atoms with E-state index >= 15 is 0 Å². The fraction of sp³-hybridized carbons (Fsp3) is 0.0233. The summed E-state index contributed by atoms with van der Waals surface area (Å²) in [6, 6.07) is 59.8. The Morgan fingerprint density at radius 1 is 0.489 bits per heavy atom. The number of nitrogens with zero attached hydrogens (tertiary/aromatic N) is 1. The van der Waals surface area contributed by atoms with Crippen LogP contribution in [0.5, 0.6) is 0 Å². The highest BCUT2D eigenvalue weighted by molar-refractivity contribution is 7.26. The van der Waals surface area contributed by atoms with Crippen molar-refractivity contribution in [1.82, 2.24) is 0 Å². The Balaban J connectivity index is 1.47. The first-order chi connectivity index (χ1) is 22.3. The molecule has 0 amide bonds. The van der Waals surface area contributed by atoms with Crippen molar-refractivity contribution in [3.63, 3.8) is 0 Å². The molecule has 0 saturated heterocycles. The van der Waals surface area contributed by atoms with Crippen LogP contribution in [0.3, 0.4) is 0 Å². The summed E-state index contributed by atoms with van der Waals surface area (Å²) in [7, 11) is 0. The third-order valence-electron chi connectivity index (χ3n) is 9.09. The highest BCUT2D eigenvalue weighted by atomic mass is 32.1. The first-order valence-corrected chi connectivity index (χ1v) is 16.3. The van der Waals surface area contributed by atoms with Crippen molar-refractivity contribution >= 4 is 48.6 Å². The molecule has 0 fully saturated rings. The van der Waals surface area contributed by atoms with Crippen LogP contribution < -0.4 is 4.90 Å². The number of hydrogen-bond acceptors (Lipinski definition) is 2. The summed E-state index contributed by atoms with van der Waals surface area (Å²) in [5.74, 6) is 0. The smallest absolute Gasteiger partial charge is 0.0588 e. The van der Waals surface area contributed by atoms with Gasteiger partial charge in [-0.2, -0.15) is 0 Å². The second-order valence-corrected chi connectivity index (χ2v) is 12.7. The number of para-hydroxylation sites is 1. The minimum Gasteiger partial charge on any atom is -0.309 e. The molecule has 212 valence electrons. The van der Waals surface area contributed by atoms with Crippen molar-refractivity contribution in [2.45, 2.75) is 6.42 Å². The molecule has 1 aromatic heterocycles. The summed E-state index contributed by atoms with van der Waals surface area (Å²) in [4.78, 5) is 2.56. The summed E-state index contributed by atoms with van der Waals surface area (Å²) < 4.78 is 2.61. The number of anilines is 3. The lowest BCUT2D eigenvalue weighted by Crippen LogP contribution is -2.14. The van der Waals surface area contributed by atoms with Crippen LogP contribution in [-0.2, 0) is 6.42 Å². The van der Waals surface area contributed by atoms with Gasteiger partial charge in [-0.1, -0.05) is 127 Å². The maximum atomic E-state index is 2.56. The molecular formula is C43H29NS. The maximum absolute atomic E-state index is 2.56. The van der Waals surface area contributed by atoms with E-state index in [-0.39, 0.29) is 0 Å². The number of rotatable bonds is 5. The SMILES string of the molecule is c1ccc(-c2cc3c(c(N(c4ccccc4)c4cccc5sc6ccccc6c45)c2-c2ccccc2)Cc2ccccc2-3)cc1. The monoisotopic (exact) mass is 591 g/mol. The Bertz CT molecular complexity index is 2340. The fourth-order valence-electron chi connectivity index (χ4n) is 7.15. The summed E-state index contributed by atoms with van der Waals surface area (Å²) in [5, 5.41) is 2.60. The van der Waals surface area contributed by atoms with E-state index in [1.54, 1.807) is 0 Å². The Kier molecular flexibility index (Phi) is 6.14. The van der Waals surface area contributed by atoms with E-state index in [0.717, 1.165) is 12.1 Å². The third kappa shape index (κ3) is 4.22. The zero-order valence-corrected chi connectivity index (χ0v) is 25.5. The third-order valence-corrected chi connectivity index (χ3v) is 10.2. The van der Waals surface area contributed by atoms with Gasteiger partial charge in [-0.3, -0.25) is 0 Å². The van der Waals surface area contributed by atoms with Crippen molar-refractivity contribution in [1.29, 1.82) is 0 Å². The predicted molar refractivity (Wildman–Crippen MR) is 193 cm³/mol. The van der Waals surface area contributed by atoms with Gasteiger partial charge in [0, 0.05) is 37.8 Å². The number of benzene rings is 7. The second kappa shape index (κ2) is 10.6. The van der Waals surface area contributed by atoms with Gasteiger partial charge in [-0.15, -0.1) is 11.3 Å². The molecule has 9 rings (SSSR count). The standard InChI is InChI=1S/C43H29NS/c1-4-15-29(16-5-1)35-28-36-33-22-11-10-19-31(33)27-37(36)43(41(35)30-17-6-2-7-18-30)44(32-20-8-3-9-21-32)38-24-14-26-40-42(38)34-23-12-13-25-39(34)45-40/h1-26,28H,27H2. The number of fused-ring (bicyclic) bond motifs is 6. The molecule has 0 unspecified atom stereocenters.